The Hall–Kier alpha value is -0.930. The van der Waals surface area contributed by atoms with E-state index in [-0.39, 0.29) is 0 Å². The summed E-state index contributed by atoms with van der Waals surface area (Å²) in [5.41, 5.74) is 1.02. The van der Waals surface area contributed by atoms with Gasteiger partial charge in [-0.2, -0.15) is 0 Å². The van der Waals surface area contributed by atoms with Crippen LogP contribution in [0, 0.1) is 0 Å². The number of hydrogen-bond donors (Lipinski definition) is 1. The van der Waals surface area contributed by atoms with E-state index in [1.807, 2.05) is 12.1 Å². The van der Waals surface area contributed by atoms with E-state index in [4.69, 9.17) is 21.1 Å². The topological polar surface area (TPSA) is 30.5 Å². The second-order valence-corrected chi connectivity index (χ2v) is 4.13. The SMILES string of the molecule is CCCOc1cc(Cl)c(CNCC)cc1OC. The molecule has 0 aliphatic heterocycles. The first-order valence-corrected chi connectivity index (χ1v) is 6.30. The van der Waals surface area contributed by atoms with Gasteiger partial charge in [0.2, 0.25) is 0 Å². The predicted molar refractivity (Wildman–Crippen MR) is 71.2 cm³/mol. The molecule has 0 amide bonds. The number of rotatable bonds is 7. The van der Waals surface area contributed by atoms with Crippen LogP contribution in [0.2, 0.25) is 5.02 Å². The number of halogens is 1. The Morgan fingerprint density at radius 2 is 2.00 bits per heavy atom. The molecule has 0 bridgehead atoms. The van der Waals surface area contributed by atoms with Crippen LogP contribution in [0.3, 0.4) is 0 Å². The molecular formula is C13H20ClNO2. The van der Waals surface area contributed by atoms with Crippen LogP contribution in [-0.4, -0.2) is 20.3 Å². The molecule has 1 N–H and O–H groups in total. The quantitative estimate of drug-likeness (QED) is 0.813. The molecule has 0 atom stereocenters. The van der Waals surface area contributed by atoms with Gasteiger partial charge in [0.15, 0.2) is 11.5 Å². The Morgan fingerprint density at radius 1 is 1.24 bits per heavy atom. The highest BCUT2D eigenvalue weighted by atomic mass is 35.5. The van der Waals surface area contributed by atoms with E-state index < -0.39 is 0 Å². The van der Waals surface area contributed by atoms with Crippen molar-refractivity contribution in [2.45, 2.75) is 26.8 Å². The summed E-state index contributed by atoms with van der Waals surface area (Å²) in [6.07, 6.45) is 0.958. The van der Waals surface area contributed by atoms with Gasteiger partial charge in [0.25, 0.3) is 0 Å². The summed E-state index contributed by atoms with van der Waals surface area (Å²) in [7, 11) is 1.64. The minimum absolute atomic E-state index is 0.666. The Labute approximate surface area is 108 Å². The van der Waals surface area contributed by atoms with Gasteiger partial charge < -0.3 is 14.8 Å². The fourth-order valence-electron chi connectivity index (χ4n) is 1.46. The lowest BCUT2D eigenvalue weighted by Crippen LogP contribution is -2.12. The van der Waals surface area contributed by atoms with Gasteiger partial charge in [-0.05, 0) is 24.6 Å². The largest absolute Gasteiger partial charge is 0.493 e. The normalized spacial score (nSPS) is 10.4. The van der Waals surface area contributed by atoms with E-state index in [0.717, 1.165) is 30.8 Å². The molecule has 0 aliphatic rings. The molecule has 0 aromatic heterocycles. The van der Waals surface area contributed by atoms with Gasteiger partial charge >= 0.3 is 0 Å². The highest BCUT2D eigenvalue weighted by Crippen LogP contribution is 2.33. The average Bonchev–Trinajstić information content (AvgIpc) is 2.35. The minimum atomic E-state index is 0.666. The van der Waals surface area contributed by atoms with Crippen molar-refractivity contribution in [3.8, 4) is 11.5 Å². The summed E-state index contributed by atoms with van der Waals surface area (Å²) in [5.74, 6) is 1.44. The van der Waals surface area contributed by atoms with E-state index in [1.165, 1.54) is 0 Å². The van der Waals surface area contributed by atoms with E-state index in [0.29, 0.717) is 17.4 Å². The number of hydrogen-bond acceptors (Lipinski definition) is 3. The van der Waals surface area contributed by atoms with Gasteiger partial charge in [0.1, 0.15) is 0 Å². The summed E-state index contributed by atoms with van der Waals surface area (Å²) in [4.78, 5) is 0. The molecule has 0 radical (unpaired) electrons. The van der Waals surface area contributed by atoms with Crippen molar-refractivity contribution in [2.75, 3.05) is 20.3 Å². The van der Waals surface area contributed by atoms with Crippen molar-refractivity contribution >= 4 is 11.6 Å². The fraction of sp³-hybridized carbons (Fsp3) is 0.538. The van der Waals surface area contributed by atoms with Crippen molar-refractivity contribution in [1.29, 1.82) is 0 Å². The van der Waals surface area contributed by atoms with E-state index in [1.54, 1.807) is 7.11 Å². The average molecular weight is 258 g/mol. The lowest BCUT2D eigenvalue weighted by Gasteiger charge is -2.13. The van der Waals surface area contributed by atoms with Gasteiger partial charge in [-0.15, -0.1) is 0 Å². The fourth-order valence-corrected chi connectivity index (χ4v) is 1.68. The first kappa shape index (κ1) is 14.1. The summed E-state index contributed by atoms with van der Waals surface area (Å²) in [6, 6.07) is 3.75. The first-order chi connectivity index (χ1) is 8.22. The van der Waals surface area contributed by atoms with E-state index >= 15 is 0 Å². The van der Waals surface area contributed by atoms with E-state index in [2.05, 4.69) is 19.2 Å². The number of benzene rings is 1. The molecule has 1 aromatic rings. The van der Waals surface area contributed by atoms with Crippen molar-refractivity contribution in [3.05, 3.63) is 22.7 Å². The van der Waals surface area contributed by atoms with Gasteiger partial charge in [-0.1, -0.05) is 25.4 Å². The number of methoxy groups -OCH3 is 1. The monoisotopic (exact) mass is 257 g/mol. The first-order valence-electron chi connectivity index (χ1n) is 5.92. The Kier molecular flexibility index (Phi) is 6.16. The third-order valence-electron chi connectivity index (χ3n) is 2.36. The molecule has 0 fully saturated rings. The minimum Gasteiger partial charge on any atom is -0.493 e. The molecule has 0 saturated carbocycles. The number of ether oxygens (including phenoxy) is 2. The maximum absolute atomic E-state index is 6.20. The van der Waals surface area contributed by atoms with Crippen LogP contribution in [0.25, 0.3) is 0 Å². The van der Waals surface area contributed by atoms with Crippen LogP contribution >= 0.6 is 11.6 Å². The third-order valence-corrected chi connectivity index (χ3v) is 2.71. The van der Waals surface area contributed by atoms with Gasteiger partial charge in [0, 0.05) is 17.6 Å². The maximum atomic E-state index is 6.20. The van der Waals surface area contributed by atoms with Crippen LogP contribution < -0.4 is 14.8 Å². The van der Waals surface area contributed by atoms with Gasteiger partial charge in [0.05, 0.1) is 13.7 Å². The van der Waals surface area contributed by atoms with Gasteiger partial charge in [-0.3, -0.25) is 0 Å². The Balaban J connectivity index is 2.89. The van der Waals surface area contributed by atoms with Crippen LogP contribution in [0.4, 0.5) is 0 Å². The molecule has 17 heavy (non-hydrogen) atoms. The molecule has 0 unspecified atom stereocenters. The van der Waals surface area contributed by atoms with E-state index in [9.17, 15) is 0 Å². The lowest BCUT2D eigenvalue weighted by molar-refractivity contribution is 0.294. The van der Waals surface area contributed by atoms with Crippen LogP contribution in [0.15, 0.2) is 12.1 Å². The lowest BCUT2D eigenvalue weighted by atomic mass is 10.2. The van der Waals surface area contributed by atoms with Gasteiger partial charge in [-0.25, -0.2) is 0 Å². The van der Waals surface area contributed by atoms with Crippen LogP contribution in [0.5, 0.6) is 11.5 Å². The molecular weight excluding hydrogens is 238 g/mol. The molecule has 1 aromatic carbocycles. The summed E-state index contributed by atoms with van der Waals surface area (Å²) in [6.45, 7) is 6.43. The summed E-state index contributed by atoms with van der Waals surface area (Å²) < 4.78 is 10.9. The van der Waals surface area contributed by atoms with Crippen molar-refractivity contribution in [2.24, 2.45) is 0 Å². The zero-order chi connectivity index (χ0) is 12.7. The van der Waals surface area contributed by atoms with Crippen molar-refractivity contribution in [3.63, 3.8) is 0 Å². The molecule has 0 heterocycles. The molecule has 1 rings (SSSR count). The summed E-state index contributed by atoms with van der Waals surface area (Å²) >= 11 is 6.20. The molecule has 4 heteroatoms. The maximum Gasteiger partial charge on any atom is 0.162 e. The number of nitrogens with one attached hydrogen (secondary N) is 1. The molecule has 0 saturated heterocycles. The highest BCUT2D eigenvalue weighted by Gasteiger charge is 2.10. The second-order valence-electron chi connectivity index (χ2n) is 3.72. The molecule has 0 spiro atoms. The smallest absolute Gasteiger partial charge is 0.162 e. The van der Waals surface area contributed by atoms with Crippen LogP contribution in [0.1, 0.15) is 25.8 Å². The van der Waals surface area contributed by atoms with Crippen molar-refractivity contribution in [1.82, 2.24) is 5.32 Å². The zero-order valence-corrected chi connectivity index (χ0v) is 11.4. The van der Waals surface area contributed by atoms with Crippen molar-refractivity contribution < 1.29 is 9.47 Å². The molecule has 0 aliphatic carbocycles. The zero-order valence-electron chi connectivity index (χ0n) is 10.7. The summed E-state index contributed by atoms with van der Waals surface area (Å²) in [5, 5.41) is 3.94. The highest BCUT2D eigenvalue weighted by molar-refractivity contribution is 6.31. The second kappa shape index (κ2) is 7.41. The predicted octanol–water partition coefficient (Wildman–Crippen LogP) is 3.25. The molecule has 96 valence electrons. The van der Waals surface area contributed by atoms with Crippen LogP contribution in [-0.2, 0) is 6.54 Å². The standard InChI is InChI=1S/C13H20ClNO2/c1-4-6-17-13-8-11(14)10(9-15-5-2)7-12(13)16-3/h7-8,15H,4-6,9H2,1-3H3. The Bertz CT molecular complexity index is 356. The molecule has 3 nitrogen and oxygen atoms in total. The Morgan fingerprint density at radius 3 is 2.59 bits per heavy atom. The third kappa shape index (κ3) is 4.10.